The highest BCUT2D eigenvalue weighted by atomic mass is 16.5. The number of hydrogen-bond donors (Lipinski definition) is 2. The van der Waals surface area contributed by atoms with Crippen molar-refractivity contribution >= 4 is 0 Å². The van der Waals surface area contributed by atoms with Crippen molar-refractivity contribution in [3.8, 4) is 0 Å². The predicted molar refractivity (Wildman–Crippen MR) is 38.6 cm³/mol. The Morgan fingerprint density at radius 2 is 2.10 bits per heavy atom. The standard InChI is InChI=1S/C7H15NO2/c1-10-7-3-5(8)2-6(9)4-7/h5-7,9H,2-4,8H2,1H3/t5-,6-,7+/m1/s1. The molecule has 0 bridgehead atoms. The van der Waals surface area contributed by atoms with E-state index in [0.717, 1.165) is 19.3 Å². The van der Waals surface area contributed by atoms with Crippen molar-refractivity contribution in [2.75, 3.05) is 7.11 Å². The monoisotopic (exact) mass is 145 g/mol. The van der Waals surface area contributed by atoms with Crippen LogP contribution in [0.1, 0.15) is 19.3 Å². The maximum absolute atomic E-state index is 9.22. The van der Waals surface area contributed by atoms with Crippen LogP contribution in [0.4, 0.5) is 0 Å². The summed E-state index contributed by atoms with van der Waals surface area (Å²) in [6.45, 7) is 0. The summed E-state index contributed by atoms with van der Waals surface area (Å²) in [4.78, 5) is 0. The van der Waals surface area contributed by atoms with Crippen LogP contribution >= 0.6 is 0 Å². The smallest absolute Gasteiger partial charge is 0.0610 e. The minimum Gasteiger partial charge on any atom is -0.393 e. The van der Waals surface area contributed by atoms with E-state index in [-0.39, 0.29) is 18.2 Å². The number of ether oxygens (including phenoxy) is 1. The van der Waals surface area contributed by atoms with Gasteiger partial charge in [0.1, 0.15) is 0 Å². The summed E-state index contributed by atoms with van der Waals surface area (Å²) in [7, 11) is 1.66. The van der Waals surface area contributed by atoms with E-state index in [1.54, 1.807) is 7.11 Å². The van der Waals surface area contributed by atoms with E-state index in [9.17, 15) is 5.11 Å². The average molecular weight is 145 g/mol. The average Bonchev–Trinajstić information content (AvgIpc) is 1.85. The molecule has 1 aliphatic rings. The molecule has 10 heavy (non-hydrogen) atoms. The molecule has 3 atom stereocenters. The molecule has 60 valence electrons. The third-order valence-electron chi connectivity index (χ3n) is 2.01. The number of aliphatic hydroxyl groups excluding tert-OH is 1. The zero-order valence-electron chi connectivity index (χ0n) is 6.29. The van der Waals surface area contributed by atoms with E-state index in [4.69, 9.17) is 10.5 Å². The number of hydrogen-bond acceptors (Lipinski definition) is 3. The van der Waals surface area contributed by atoms with E-state index in [2.05, 4.69) is 0 Å². The Labute approximate surface area is 61.2 Å². The van der Waals surface area contributed by atoms with Gasteiger partial charge in [-0.1, -0.05) is 0 Å². The van der Waals surface area contributed by atoms with Crippen LogP contribution < -0.4 is 5.73 Å². The molecule has 3 N–H and O–H groups in total. The fourth-order valence-corrected chi connectivity index (χ4v) is 1.47. The van der Waals surface area contributed by atoms with Gasteiger partial charge in [-0.3, -0.25) is 0 Å². The van der Waals surface area contributed by atoms with Gasteiger partial charge < -0.3 is 15.6 Å². The summed E-state index contributed by atoms with van der Waals surface area (Å²) in [5.41, 5.74) is 5.65. The lowest BCUT2D eigenvalue weighted by molar-refractivity contribution is 0.00430. The first-order chi connectivity index (χ1) is 4.72. The molecule has 0 aliphatic heterocycles. The molecular weight excluding hydrogens is 130 g/mol. The summed E-state index contributed by atoms with van der Waals surface area (Å²) >= 11 is 0. The Kier molecular flexibility index (Phi) is 2.65. The largest absolute Gasteiger partial charge is 0.393 e. The predicted octanol–water partition coefficient (Wildman–Crippen LogP) is -0.127. The highest BCUT2D eigenvalue weighted by molar-refractivity contribution is 4.80. The molecule has 3 nitrogen and oxygen atoms in total. The molecule has 0 radical (unpaired) electrons. The van der Waals surface area contributed by atoms with Crippen LogP contribution in [0.15, 0.2) is 0 Å². The summed E-state index contributed by atoms with van der Waals surface area (Å²) in [5, 5.41) is 9.22. The van der Waals surface area contributed by atoms with Crippen LogP contribution in [0.3, 0.4) is 0 Å². The van der Waals surface area contributed by atoms with Gasteiger partial charge in [0.2, 0.25) is 0 Å². The summed E-state index contributed by atoms with van der Waals surface area (Å²) in [6, 6.07) is 0.119. The number of aliphatic hydroxyl groups is 1. The Hall–Kier alpha value is -0.120. The first-order valence-electron chi connectivity index (χ1n) is 3.68. The van der Waals surface area contributed by atoms with Crippen molar-refractivity contribution in [3.63, 3.8) is 0 Å². The van der Waals surface area contributed by atoms with Gasteiger partial charge >= 0.3 is 0 Å². The SMILES string of the molecule is CO[C@H]1C[C@H](N)C[C@@H](O)C1. The second-order valence-electron chi connectivity index (χ2n) is 2.98. The Morgan fingerprint density at radius 1 is 1.40 bits per heavy atom. The minimum atomic E-state index is -0.256. The zero-order chi connectivity index (χ0) is 7.56. The molecule has 1 fully saturated rings. The van der Waals surface area contributed by atoms with Gasteiger partial charge in [-0.25, -0.2) is 0 Å². The molecule has 0 amide bonds. The first kappa shape index (κ1) is 7.98. The molecule has 0 unspecified atom stereocenters. The number of nitrogens with two attached hydrogens (primary N) is 1. The summed E-state index contributed by atoms with van der Waals surface area (Å²) in [5.74, 6) is 0. The third-order valence-corrected chi connectivity index (χ3v) is 2.01. The lowest BCUT2D eigenvalue weighted by Crippen LogP contribution is -2.38. The minimum absolute atomic E-state index is 0.119. The highest BCUT2D eigenvalue weighted by Gasteiger charge is 2.24. The maximum Gasteiger partial charge on any atom is 0.0610 e. The van der Waals surface area contributed by atoms with Crippen LogP contribution in [0, 0.1) is 0 Å². The maximum atomic E-state index is 9.22. The Balaban J connectivity index is 2.35. The van der Waals surface area contributed by atoms with Gasteiger partial charge in [-0.15, -0.1) is 0 Å². The Bertz CT molecular complexity index is 97.8. The van der Waals surface area contributed by atoms with Crippen molar-refractivity contribution in [2.24, 2.45) is 5.73 Å². The third kappa shape index (κ3) is 1.94. The van der Waals surface area contributed by atoms with Crippen LogP contribution in [0.25, 0.3) is 0 Å². The van der Waals surface area contributed by atoms with E-state index >= 15 is 0 Å². The molecule has 0 aromatic rings. The molecule has 0 aromatic carbocycles. The lowest BCUT2D eigenvalue weighted by Gasteiger charge is -2.29. The van der Waals surface area contributed by atoms with Crippen molar-refractivity contribution in [2.45, 2.75) is 37.5 Å². The van der Waals surface area contributed by atoms with Crippen molar-refractivity contribution < 1.29 is 9.84 Å². The Morgan fingerprint density at radius 3 is 2.60 bits per heavy atom. The van der Waals surface area contributed by atoms with E-state index in [1.165, 1.54) is 0 Å². The fourth-order valence-electron chi connectivity index (χ4n) is 1.47. The van der Waals surface area contributed by atoms with E-state index < -0.39 is 0 Å². The van der Waals surface area contributed by atoms with Crippen molar-refractivity contribution in [3.05, 3.63) is 0 Å². The van der Waals surface area contributed by atoms with Gasteiger partial charge in [0.25, 0.3) is 0 Å². The zero-order valence-corrected chi connectivity index (χ0v) is 6.29. The lowest BCUT2D eigenvalue weighted by atomic mass is 9.91. The van der Waals surface area contributed by atoms with Gasteiger partial charge in [-0.2, -0.15) is 0 Å². The molecule has 3 heteroatoms. The quantitative estimate of drug-likeness (QED) is 0.540. The first-order valence-corrected chi connectivity index (χ1v) is 3.68. The van der Waals surface area contributed by atoms with Gasteiger partial charge in [0.05, 0.1) is 12.2 Å². The van der Waals surface area contributed by atoms with Crippen LogP contribution in [0.2, 0.25) is 0 Å². The van der Waals surface area contributed by atoms with E-state index in [1.807, 2.05) is 0 Å². The molecule has 0 heterocycles. The fraction of sp³-hybridized carbons (Fsp3) is 1.00. The van der Waals surface area contributed by atoms with Crippen molar-refractivity contribution in [1.29, 1.82) is 0 Å². The molecule has 1 aliphatic carbocycles. The second-order valence-corrected chi connectivity index (χ2v) is 2.98. The molecule has 0 aromatic heterocycles. The molecule has 1 rings (SSSR count). The van der Waals surface area contributed by atoms with E-state index in [0.29, 0.717) is 0 Å². The van der Waals surface area contributed by atoms with Crippen LogP contribution in [-0.4, -0.2) is 30.5 Å². The molecular formula is C7H15NO2. The van der Waals surface area contributed by atoms with Gasteiger partial charge in [0, 0.05) is 13.2 Å². The topological polar surface area (TPSA) is 55.5 Å². The number of methoxy groups -OCH3 is 1. The van der Waals surface area contributed by atoms with Crippen molar-refractivity contribution in [1.82, 2.24) is 0 Å². The molecule has 0 saturated heterocycles. The van der Waals surface area contributed by atoms with Crippen LogP contribution in [-0.2, 0) is 4.74 Å². The summed E-state index contributed by atoms with van der Waals surface area (Å²) in [6.07, 6.45) is 2.25. The van der Waals surface area contributed by atoms with Gasteiger partial charge in [-0.05, 0) is 19.3 Å². The molecule has 0 spiro atoms. The van der Waals surface area contributed by atoms with Crippen LogP contribution in [0.5, 0.6) is 0 Å². The highest BCUT2D eigenvalue weighted by Crippen LogP contribution is 2.19. The van der Waals surface area contributed by atoms with Gasteiger partial charge in [0.15, 0.2) is 0 Å². The molecule has 1 saturated carbocycles. The second kappa shape index (κ2) is 3.32. The normalized spacial score (nSPS) is 41.7. The summed E-state index contributed by atoms with van der Waals surface area (Å²) < 4.78 is 5.09. The number of rotatable bonds is 1.